The van der Waals surface area contributed by atoms with Gasteiger partial charge in [0.2, 0.25) is 11.8 Å². The third-order valence-electron chi connectivity index (χ3n) is 2.87. The van der Waals surface area contributed by atoms with E-state index in [9.17, 15) is 14.4 Å². The first-order valence-electron chi connectivity index (χ1n) is 5.85. The number of aromatic amines is 1. The molecule has 0 fully saturated rings. The monoisotopic (exact) mass is 258 g/mol. The standard InChI is InChI=1S/C14H14N2O3/c1-8(17)13-6-11-4-5-12(7-14(11)15-13)16(9(2)18)10(3)19/h4-7,15H,1-3H3. The molecule has 19 heavy (non-hydrogen) atoms. The molecule has 1 aromatic carbocycles. The molecule has 1 aromatic heterocycles. The highest BCUT2D eigenvalue weighted by Gasteiger charge is 2.17. The highest BCUT2D eigenvalue weighted by molar-refractivity contribution is 6.14. The summed E-state index contributed by atoms with van der Waals surface area (Å²) in [4.78, 5) is 38.3. The van der Waals surface area contributed by atoms with E-state index in [4.69, 9.17) is 0 Å². The second-order valence-electron chi connectivity index (χ2n) is 4.38. The number of nitrogens with one attached hydrogen (secondary N) is 1. The Bertz CT molecular complexity index is 671. The van der Waals surface area contributed by atoms with Gasteiger partial charge >= 0.3 is 0 Å². The Morgan fingerprint density at radius 1 is 1.00 bits per heavy atom. The Labute approximate surface area is 110 Å². The number of carbonyl (C=O) groups is 3. The fourth-order valence-electron chi connectivity index (χ4n) is 2.03. The molecule has 0 aliphatic heterocycles. The zero-order valence-corrected chi connectivity index (χ0v) is 11.0. The molecule has 0 saturated heterocycles. The van der Waals surface area contributed by atoms with Crippen LogP contribution in [0.1, 0.15) is 31.3 Å². The van der Waals surface area contributed by atoms with E-state index >= 15 is 0 Å². The van der Waals surface area contributed by atoms with Crippen molar-refractivity contribution >= 4 is 34.2 Å². The number of hydrogen-bond donors (Lipinski definition) is 1. The number of carbonyl (C=O) groups excluding carboxylic acids is 3. The summed E-state index contributed by atoms with van der Waals surface area (Å²) in [5, 5.41) is 0.862. The van der Waals surface area contributed by atoms with Crippen LogP contribution >= 0.6 is 0 Å². The van der Waals surface area contributed by atoms with E-state index in [1.807, 2.05) is 0 Å². The van der Waals surface area contributed by atoms with Crippen molar-refractivity contribution in [2.45, 2.75) is 20.8 Å². The van der Waals surface area contributed by atoms with E-state index in [0.29, 0.717) is 11.4 Å². The molecule has 0 aliphatic rings. The second kappa shape index (κ2) is 4.68. The van der Waals surface area contributed by atoms with Crippen LogP contribution in [0.5, 0.6) is 0 Å². The third kappa shape index (κ3) is 2.40. The average molecular weight is 258 g/mol. The third-order valence-corrected chi connectivity index (χ3v) is 2.87. The van der Waals surface area contributed by atoms with Crippen LogP contribution in [-0.2, 0) is 9.59 Å². The van der Waals surface area contributed by atoms with Crippen molar-refractivity contribution in [2.24, 2.45) is 0 Å². The first-order valence-corrected chi connectivity index (χ1v) is 5.85. The number of rotatable bonds is 2. The fraction of sp³-hybridized carbons (Fsp3) is 0.214. The van der Waals surface area contributed by atoms with Crippen LogP contribution in [-0.4, -0.2) is 22.6 Å². The smallest absolute Gasteiger partial charge is 0.230 e. The molecule has 2 rings (SSSR count). The molecule has 5 heteroatoms. The largest absolute Gasteiger partial charge is 0.352 e. The summed E-state index contributed by atoms with van der Waals surface area (Å²) >= 11 is 0. The first kappa shape index (κ1) is 13.0. The van der Waals surface area contributed by atoms with Gasteiger partial charge in [-0.2, -0.15) is 0 Å². The number of hydrogen-bond acceptors (Lipinski definition) is 3. The Morgan fingerprint density at radius 2 is 1.63 bits per heavy atom. The molecule has 0 radical (unpaired) electrons. The van der Waals surface area contributed by atoms with E-state index in [-0.39, 0.29) is 17.6 Å². The molecule has 1 heterocycles. The number of nitrogens with zero attached hydrogens (tertiary/aromatic N) is 1. The van der Waals surface area contributed by atoms with Crippen LogP contribution in [0.25, 0.3) is 10.9 Å². The summed E-state index contributed by atoms with van der Waals surface area (Å²) in [5.74, 6) is -0.747. The van der Waals surface area contributed by atoms with Crippen molar-refractivity contribution in [1.29, 1.82) is 0 Å². The van der Waals surface area contributed by atoms with E-state index in [1.54, 1.807) is 24.3 Å². The molecule has 0 aliphatic carbocycles. The van der Waals surface area contributed by atoms with Crippen LogP contribution in [0.4, 0.5) is 5.69 Å². The topological polar surface area (TPSA) is 70.2 Å². The molecule has 1 N–H and O–H groups in total. The minimum Gasteiger partial charge on any atom is -0.352 e. The minimum atomic E-state index is -0.342. The summed E-state index contributed by atoms with van der Waals surface area (Å²) in [6.45, 7) is 4.14. The highest BCUT2D eigenvalue weighted by Crippen LogP contribution is 2.23. The van der Waals surface area contributed by atoms with E-state index in [0.717, 1.165) is 15.8 Å². The minimum absolute atomic E-state index is 0.0623. The zero-order chi connectivity index (χ0) is 14.2. The lowest BCUT2D eigenvalue weighted by Gasteiger charge is -2.16. The number of anilines is 1. The lowest BCUT2D eigenvalue weighted by atomic mass is 10.2. The molecule has 98 valence electrons. The predicted molar refractivity (Wildman–Crippen MR) is 72.1 cm³/mol. The predicted octanol–water partition coefficient (Wildman–Crippen LogP) is 2.27. The number of fused-ring (bicyclic) bond motifs is 1. The molecular weight excluding hydrogens is 244 g/mol. The number of aromatic nitrogens is 1. The quantitative estimate of drug-likeness (QED) is 0.840. The number of H-pyrrole nitrogens is 1. The highest BCUT2D eigenvalue weighted by atomic mass is 16.2. The number of benzene rings is 1. The zero-order valence-electron chi connectivity index (χ0n) is 11.0. The Kier molecular flexibility index (Phi) is 3.21. The maximum absolute atomic E-state index is 11.5. The second-order valence-corrected chi connectivity index (χ2v) is 4.38. The van der Waals surface area contributed by atoms with Gasteiger partial charge in [0.05, 0.1) is 11.4 Å². The molecule has 2 aromatic rings. The number of amides is 2. The van der Waals surface area contributed by atoms with Gasteiger partial charge in [0, 0.05) is 31.7 Å². The van der Waals surface area contributed by atoms with Crippen molar-refractivity contribution in [3.63, 3.8) is 0 Å². The van der Waals surface area contributed by atoms with Gasteiger partial charge in [-0.05, 0) is 18.2 Å². The summed E-state index contributed by atoms with van der Waals surface area (Å²) in [6, 6.07) is 6.88. The van der Waals surface area contributed by atoms with Crippen molar-refractivity contribution in [2.75, 3.05) is 4.90 Å². The molecular formula is C14H14N2O3. The lowest BCUT2D eigenvalue weighted by Crippen LogP contribution is -2.32. The molecule has 5 nitrogen and oxygen atoms in total. The Hall–Kier alpha value is -2.43. The van der Waals surface area contributed by atoms with Crippen molar-refractivity contribution in [1.82, 2.24) is 4.98 Å². The van der Waals surface area contributed by atoms with Crippen molar-refractivity contribution in [3.8, 4) is 0 Å². The average Bonchev–Trinajstić information content (AvgIpc) is 2.71. The normalized spacial score (nSPS) is 10.5. The first-order chi connectivity index (χ1) is 8.90. The molecule has 0 spiro atoms. The van der Waals surface area contributed by atoms with E-state index < -0.39 is 0 Å². The SMILES string of the molecule is CC(=O)c1cc2ccc(N(C(C)=O)C(C)=O)cc2[nH]1. The molecule has 0 unspecified atom stereocenters. The maximum atomic E-state index is 11.5. The van der Waals surface area contributed by atoms with Gasteiger partial charge in [-0.1, -0.05) is 6.07 Å². The molecule has 0 saturated carbocycles. The van der Waals surface area contributed by atoms with Crippen LogP contribution in [0.15, 0.2) is 24.3 Å². The number of imide groups is 1. The summed E-state index contributed by atoms with van der Waals surface area (Å²) in [5.41, 5.74) is 1.71. The Balaban J connectivity index is 2.54. The van der Waals surface area contributed by atoms with Crippen LogP contribution in [0.2, 0.25) is 0 Å². The fourth-order valence-corrected chi connectivity index (χ4v) is 2.03. The van der Waals surface area contributed by atoms with Gasteiger partial charge in [0.1, 0.15) is 0 Å². The van der Waals surface area contributed by atoms with Crippen LogP contribution in [0, 0.1) is 0 Å². The van der Waals surface area contributed by atoms with Gasteiger partial charge in [0.25, 0.3) is 0 Å². The van der Waals surface area contributed by atoms with Gasteiger partial charge in [-0.3, -0.25) is 19.3 Å². The van der Waals surface area contributed by atoms with Gasteiger partial charge in [-0.25, -0.2) is 0 Å². The van der Waals surface area contributed by atoms with Crippen LogP contribution in [0.3, 0.4) is 0 Å². The van der Waals surface area contributed by atoms with Gasteiger partial charge < -0.3 is 4.98 Å². The van der Waals surface area contributed by atoms with Crippen LogP contribution < -0.4 is 4.90 Å². The van der Waals surface area contributed by atoms with E-state index in [1.165, 1.54) is 20.8 Å². The molecule has 0 bridgehead atoms. The molecule has 0 atom stereocenters. The maximum Gasteiger partial charge on any atom is 0.230 e. The number of ketones is 1. The van der Waals surface area contributed by atoms with Crippen molar-refractivity contribution < 1.29 is 14.4 Å². The Morgan fingerprint density at radius 3 is 2.16 bits per heavy atom. The summed E-state index contributed by atoms with van der Waals surface area (Å²) in [7, 11) is 0. The lowest BCUT2D eigenvalue weighted by molar-refractivity contribution is -0.124. The summed E-state index contributed by atoms with van der Waals surface area (Å²) < 4.78 is 0. The molecule has 2 amide bonds. The number of Topliss-reactive ketones (excluding diaryl/α,β-unsaturated/α-hetero) is 1. The summed E-state index contributed by atoms with van der Waals surface area (Å²) in [6.07, 6.45) is 0. The van der Waals surface area contributed by atoms with Gasteiger partial charge in [-0.15, -0.1) is 0 Å². The van der Waals surface area contributed by atoms with Crippen molar-refractivity contribution in [3.05, 3.63) is 30.0 Å². The van der Waals surface area contributed by atoms with E-state index in [2.05, 4.69) is 4.98 Å². The van der Waals surface area contributed by atoms with Gasteiger partial charge in [0.15, 0.2) is 5.78 Å².